The van der Waals surface area contributed by atoms with Gasteiger partial charge in [0.1, 0.15) is 0 Å². The van der Waals surface area contributed by atoms with E-state index >= 15 is 0 Å². The van der Waals surface area contributed by atoms with E-state index in [1.54, 1.807) is 0 Å². The van der Waals surface area contributed by atoms with Gasteiger partial charge in [0, 0.05) is 22.6 Å². The Bertz CT molecular complexity index is 571. The fourth-order valence-corrected chi connectivity index (χ4v) is 3.68. The Labute approximate surface area is 144 Å². The van der Waals surface area contributed by atoms with Crippen molar-refractivity contribution in [2.24, 2.45) is 5.92 Å². The van der Waals surface area contributed by atoms with Crippen LogP contribution in [0.3, 0.4) is 0 Å². The number of carbonyl (C=O) groups is 2. The van der Waals surface area contributed by atoms with E-state index in [2.05, 4.69) is 33.4 Å². The minimum absolute atomic E-state index is 0.0639. The summed E-state index contributed by atoms with van der Waals surface area (Å²) in [7, 11) is 1.37. The highest BCUT2D eigenvalue weighted by molar-refractivity contribution is 14.1. The molecule has 0 radical (unpaired) electrons. The SMILES string of the molecule is COC(=O)CC[C@H]1C(=O)N(Cc2ccccc2)[C@@H](C)C=C1I. The summed E-state index contributed by atoms with van der Waals surface area (Å²) in [5, 5.41) is 0. The molecule has 4 nitrogen and oxygen atoms in total. The molecule has 1 aromatic rings. The van der Waals surface area contributed by atoms with Crippen molar-refractivity contribution >= 4 is 34.5 Å². The standard InChI is InChI=1S/C17H20INO3/c1-12-10-15(18)14(8-9-16(20)22-2)17(21)19(12)11-13-6-4-3-5-7-13/h3-7,10,12,14H,8-9,11H2,1-2H3/t12-,14+/m0/s1. The van der Waals surface area contributed by atoms with E-state index in [9.17, 15) is 9.59 Å². The highest BCUT2D eigenvalue weighted by Crippen LogP contribution is 2.32. The van der Waals surface area contributed by atoms with E-state index in [0.29, 0.717) is 13.0 Å². The number of hydrogen-bond donors (Lipinski definition) is 0. The number of esters is 1. The molecule has 0 N–H and O–H groups in total. The van der Waals surface area contributed by atoms with Crippen molar-refractivity contribution in [1.29, 1.82) is 0 Å². The second-order valence-electron chi connectivity index (χ2n) is 5.41. The monoisotopic (exact) mass is 413 g/mol. The Morgan fingerprint density at radius 1 is 1.32 bits per heavy atom. The van der Waals surface area contributed by atoms with Crippen LogP contribution in [0.1, 0.15) is 25.3 Å². The highest BCUT2D eigenvalue weighted by Gasteiger charge is 2.33. The van der Waals surface area contributed by atoms with Crippen molar-refractivity contribution in [3.05, 3.63) is 45.6 Å². The molecule has 0 spiro atoms. The second kappa shape index (κ2) is 7.76. The van der Waals surface area contributed by atoms with Crippen LogP contribution in [-0.4, -0.2) is 29.9 Å². The molecule has 118 valence electrons. The summed E-state index contributed by atoms with van der Waals surface area (Å²) in [4.78, 5) is 26.0. The maximum atomic E-state index is 12.8. The van der Waals surface area contributed by atoms with Gasteiger partial charge in [0.05, 0.1) is 13.0 Å². The Morgan fingerprint density at radius 3 is 2.64 bits per heavy atom. The number of halogens is 1. The Morgan fingerprint density at radius 2 is 2.00 bits per heavy atom. The maximum absolute atomic E-state index is 12.8. The van der Waals surface area contributed by atoms with Gasteiger partial charge in [0.15, 0.2) is 0 Å². The number of carbonyl (C=O) groups excluding carboxylic acids is 2. The van der Waals surface area contributed by atoms with Crippen LogP contribution in [0.2, 0.25) is 0 Å². The Kier molecular flexibility index (Phi) is 5.99. The van der Waals surface area contributed by atoms with Crippen LogP contribution in [0.4, 0.5) is 0 Å². The summed E-state index contributed by atoms with van der Waals surface area (Å²) in [6, 6.07) is 10.0. The molecule has 1 aromatic carbocycles. The molecule has 5 heteroatoms. The van der Waals surface area contributed by atoms with Crippen molar-refractivity contribution in [3.63, 3.8) is 0 Å². The fraction of sp³-hybridized carbons (Fsp3) is 0.412. The quantitative estimate of drug-likeness (QED) is 0.550. The van der Waals surface area contributed by atoms with Crippen molar-refractivity contribution < 1.29 is 14.3 Å². The van der Waals surface area contributed by atoms with Crippen molar-refractivity contribution in [2.45, 2.75) is 32.4 Å². The summed E-state index contributed by atoms with van der Waals surface area (Å²) in [5.41, 5.74) is 1.11. The average molecular weight is 413 g/mol. The lowest BCUT2D eigenvalue weighted by molar-refractivity contribution is -0.141. The zero-order valence-electron chi connectivity index (χ0n) is 12.8. The third kappa shape index (κ3) is 4.09. The summed E-state index contributed by atoms with van der Waals surface area (Å²) in [6.07, 6.45) is 2.87. The first-order valence-corrected chi connectivity index (χ1v) is 8.39. The molecule has 1 amide bonds. The topological polar surface area (TPSA) is 46.6 Å². The Balaban J connectivity index is 2.11. The first kappa shape index (κ1) is 17.0. The van der Waals surface area contributed by atoms with Gasteiger partial charge < -0.3 is 9.64 Å². The van der Waals surface area contributed by atoms with Crippen LogP contribution in [0.25, 0.3) is 0 Å². The molecular formula is C17H20INO3. The maximum Gasteiger partial charge on any atom is 0.305 e. The lowest BCUT2D eigenvalue weighted by Gasteiger charge is -2.35. The number of rotatable bonds is 5. The molecule has 0 aliphatic carbocycles. The molecule has 0 unspecified atom stereocenters. The van der Waals surface area contributed by atoms with Crippen LogP contribution in [0.15, 0.2) is 40.0 Å². The number of nitrogens with zero attached hydrogens (tertiary/aromatic N) is 1. The summed E-state index contributed by atoms with van der Waals surface area (Å²) < 4.78 is 5.69. The predicted molar refractivity (Wildman–Crippen MR) is 93.3 cm³/mol. The van der Waals surface area contributed by atoms with Gasteiger partial charge in [-0.15, -0.1) is 0 Å². The normalized spacial score (nSPS) is 21.5. The van der Waals surface area contributed by atoms with E-state index in [4.69, 9.17) is 0 Å². The van der Waals surface area contributed by atoms with Crippen LogP contribution >= 0.6 is 22.6 Å². The van der Waals surface area contributed by atoms with Crippen molar-refractivity contribution in [1.82, 2.24) is 4.90 Å². The molecule has 0 aromatic heterocycles. The van der Waals surface area contributed by atoms with Crippen LogP contribution in [0.5, 0.6) is 0 Å². The molecule has 2 atom stereocenters. The Hall–Kier alpha value is -1.37. The molecule has 1 aliphatic heterocycles. The van der Waals surface area contributed by atoms with Crippen molar-refractivity contribution in [3.8, 4) is 0 Å². The molecular weight excluding hydrogens is 393 g/mol. The van der Waals surface area contributed by atoms with E-state index in [-0.39, 0.29) is 30.3 Å². The zero-order chi connectivity index (χ0) is 16.1. The first-order chi connectivity index (χ1) is 10.5. The number of benzene rings is 1. The third-order valence-electron chi connectivity index (χ3n) is 3.87. The molecule has 2 rings (SSSR count). The predicted octanol–water partition coefficient (Wildman–Crippen LogP) is 3.31. The molecule has 0 saturated heterocycles. The van der Waals surface area contributed by atoms with Gasteiger partial charge in [0.25, 0.3) is 0 Å². The second-order valence-corrected chi connectivity index (χ2v) is 6.66. The molecule has 22 heavy (non-hydrogen) atoms. The van der Waals surface area contributed by atoms with Gasteiger partial charge in [-0.05, 0) is 41.5 Å². The van der Waals surface area contributed by atoms with Crippen LogP contribution in [-0.2, 0) is 20.9 Å². The number of methoxy groups -OCH3 is 1. The average Bonchev–Trinajstić information content (AvgIpc) is 2.51. The minimum atomic E-state index is -0.273. The molecule has 0 bridgehead atoms. The summed E-state index contributed by atoms with van der Waals surface area (Å²) in [5.74, 6) is -0.419. The molecule has 0 fully saturated rings. The first-order valence-electron chi connectivity index (χ1n) is 7.31. The van der Waals surface area contributed by atoms with Crippen LogP contribution < -0.4 is 0 Å². The van der Waals surface area contributed by atoms with Gasteiger partial charge >= 0.3 is 5.97 Å². The van der Waals surface area contributed by atoms with Gasteiger partial charge in [0.2, 0.25) is 5.91 Å². The minimum Gasteiger partial charge on any atom is -0.469 e. The highest BCUT2D eigenvalue weighted by atomic mass is 127. The largest absolute Gasteiger partial charge is 0.469 e. The van der Waals surface area contributed by atoms with E-state index < -0.39 is 0 Å². The third-order valence-corrected chi connectivity index (χ3v) is 4.98. The molecule has 0 saturated carbocycles. The number of amides is 1. The molecule has 1 heterocycles. The van der Waals surface area contributed by atoms with E-state index in [1.807, 2.05) is 42.2 Å². The van der Waals surface area contributed by atoms with Crippen molar-refractivity contribution in [2.75, 3.05) is 7.11 Å². The van der Waals surface area contributed by atoms with Gasteiger partial charge in [-0.2, -0.15) is 0 Å². The van der Waals surface area contributed by atoms with Gasteiger partial charge in [-0.1, -0.05) is 36.4 Å². The van der Waals surface area contributed by atoms with E-state index in [1.165, 1.54) is 7.11 Å². The van der Waals surface area contributed by atoms with E-state index in [0.717, 1.165) is 9.14 Å². The summed E-state index contributed by atoms with van der Waals surface area (Å²) in [6.45, 7) is 2.62. The lowest BCUT2D eigenvalue weighted by Crippen LogP contribution is -2.44. The van der Waals surface area contributed by atoms with Gasteiger partial charge in [-0.3, -0.25) is 9.59 Å². The fourth-order valence-electron chi connectivity index (χ4n) is 2.58. The summed E-state index contributed by atoms with van der Waals surface area (Å²) >= 11 is 2.21. The zero-order valence-corrected chi connectivity index (χ0v) is 14.9. The van der Waals surface area contributed by atoms with Crippen LogP contribution in [0, 0.1) is 5.92 Å². The lowest BCUT2D eigenvalue weighted by atomic mass is 9.95. The molecule has 1 aliphatic rings. The van der Waals surface area contributed by atoms with Gasteiger partial charge in [-0.25, -0.2) is 0 Å². The number of ether oxygens (including phenoxy) is 1. The smallest absolute Gasteiger partial charge is 0.305 e. The number of hydrogen-bond acceptors (Lipinski definition) is 3.